The summed E-state index contributed by atoms with van der Waals surface area (Å²) < 4.78 is 43.1. The van der Waals surface area contributed by atoms with Gasteiger partial charge in [-0.2, -0.15) is 13.2 Å². The summed E-state index contributed by atoms with van der Waals surface area (Å²) in [6, 6.07) is 13.3. The van der Waals surface area contributed by atoms with Gasteiger partial charge in [-0.15, -0.1) is 11.6 Å². The van der Waals surface area contributed by atoms with Crippen molar-refractivity contribution >= 4 is 63.1 Å². The molecule has 2 amide bonds. The summed E-state index contributed by atoms with van der Waals surface area (Å²) in [5.74, 6) is -0.692. The number of alkyl halides is 4. The minimum absolute atomic E-state index is 0.0220. The minimum Gasteiger partial charge on any atom is -0.353 e. The lowest BCUT2D eigenvalue weighted by molar-refractivity contribution is -0.269. The van der Waals surface area contributed by atoms with Crippen molar-refractivity contribution in [2.75, 3.05) is 19.0 Å². The topological polar surface area (TPSA) is 79.5 Å². The van der Waals surface area contributed by atoms with Gasteiger partial charge < -0.3 is 10.6 Å². The van der Waals surface area contributed by atoms with Crippen LogP contribution < -0.4 is 16.1 Å². The van der Waals surface area contributed by atoms with Gasteiger partial charge in [0.05, 0.1) is 12.2 Å². The van der Waals surface area contributed by atoms with Crippen molar-refractivity contribution in [3.8, 4) is 0 Å². The smallest absolute Gasteiger partial charge is 0.353 e. The van der Waals surface area contributed by atoms with Crippen molar-refractivity contribution in [1.82, 2.24) is 16.1 Å². The van der Waals surface area contributed by atoms with E-state index in [1.807, 2.05) is 0 Å². The Morgan fingerprint density at radius 2 is 1.65 bits per heavy atom. The fraction of sp³-hybridized carbons (Fsp3) is 0.200. The third-order valence-corrected chi connectivity index (χ3v) is 6.29. The van der Waals surface area contributed by atoms with Gasteiger partial charge in [0, 0.05) is 39.2 Å². The number of carbonyl (C=O) groups is 2. The number of nitrogens with one attached hydrogen (secondary N) is 3. The van der Waals surface area contributed by atoms with E-state index >= 15 is 0 Å². The lowest BCUT2D eigenvalue weighted by atomic mass is 9.90. The molecule has 0 radical (unpaired) electrons. The maximum atomic E-state index is 14.4. The van der Waals surface area contributed by atoms with Gasteiger partial charge in [-0.25, -0.2) is 0 Å². The van der Waals surface area contributed by atoms with Crippen LogP contribution in [0.3, 0.4) is 0 Å². The third kappa shape index (κ3) is 5.50. The van der Waals surface area contributed by atoms with Crippen LogP contribution in [0.4, 0.5) is 13.2 Å². The summed E-state index contributed by atoms with van der Waals surface area (Å²) in [5.41, 5.74) is -0.107. The van der Waals surface area contributed by atoms with Gasteiger partial charge in [0.2, 0.25) is 11.5 Å². The van der Waals surface area contributed by atoms with E-state index in [4.69, 9.17) is 39.6 Å². The summed E-state index contributed by atoms with van der Waals surface area (Å²) in [4.78, 5) is 29.8. The number of carbonyl (C=O) groups excluding carboxylic acids is 2. The van der Waals surface area contributed by atoms with Crippen LogP contribution in [0.15, 0.2) is 60.7 Å². The minimum atomic E-state index is -4.87. The molecular weight excluding hydrogens is 554 g/mol. The van der Waals surface area contributed by atoms with Gasteiger partial charge in [-0.3, -0.25) is 19.9 Å². The zero-order chi connectivity index (χ0) is 26.8. The SMILES string of the molecule is O=C(CNC(=O)c1ccc(C2=CC(c3cc(Cl)cc(Cl)c3)(C(F)(F)F)ON2)c2ccccc12)NCCCl. The lowest BCUT2D eigenvalue weighted by Gasteiger charge is -2.28. The molecule has 1 heterocycles. The van der Waals surface area contributed by atoms with Crippen LogP contribution in [-0.2, 0) is 15.2 Å². The second-order valence-corrected chi connectivity index (χ2v) is 9.33. The molecule has 0 fully saturated rings. The first-order chi connectivity index (χ1) is 17.6. The third-order valence-electron chi connectivity index (χ3n) is 5.67. The Bertz CT molecular complexity index is 1380. The summed E-state index contributed by atoms with van der Waals surface area (Å²) in [5, 5.41) is 6.08. The van der Waals surface area contributed by atoms with Crippen molar-refractivity contribution in [1.29, 1.82) is 0 Å². The molecule has 4 rings (SSSR count). The Kier molecular flexibility index (Phi) is 7.89. The fourth-order valence-electron chi connectivity index (χ4n) is 3.98. The molecule has 1 aliphatic heterocycles. The van der Waals surface area contributed by atoms with Crippen LogP contribution in [0, 0.1) is 0 Å². The molecular formula is C25H19Cl3F3N3O3. The first-order valence-electron chi connectivity index (χ1n) is 10.9. The Morgan fingerprint density at radius 1 is 0.973 bits per heavy atom. The number of fused-ring (bicyclic) bond motifs is 1. The molecule has 194 valence electrons. The summed E-state index contributed by atoms with van der Waals surface area (Å²) in [6.45, 7) is 0.00151. The number of halogens is 6. The molecule has 0 saturated carbocycles. The standard InChI is InChI=1S/C25H19Cl3F3N3O3/c26-7-8-32-22(35)13-33-23(36)20-6-5-19(17-3-1-2-4-18(17)20)21-12-24(37-34-21,25(29,30)31)14-9-15(27)11-16(28)10-14/h1-6,9-12,34H,7-8,13H2,(H,32,35)(H,33,36). The van der Waals surface area contributed by atoms with Crippen LogP contribution in [-0.4, -0.2) is 37.0 Å². The maximum Gasteiger partial charge on any atom is 0.428 e. The molecule has 0 bridgehead atoms. The van der Waals surface area contributed by atoms with E-state index < -0.39 is 23.6 Å². The van der Waals surface area contributed by atoms with Gasteiger partial charge in [0.1, 0.15) is 0 Å². The van der Waals surface area contributed by atoms with Crippen LogP contribution in [0.25, 0.3) is 16.5 Å². The van der Waals surface area contributed by atoms with E-state index in [0.29, 0.717) is 16.3 Å². The van der Waals surface area contributed by atoms with Crippen molar-refractivity contribution in [3.63, 3.8) is 0 Å². The van der Waals surface area contributed by atoms with E-state index in [-0.39, 0.29) is 45.8 Å². The molecule has 6 nitrogen and oxygen atoms in total. The average molecular weight is 573 g/mol. The van der Waals surface area contributed by atoms with Crippen LogP contribution in [0.1, 0.15) is 21.5 Å². The Balaban J connectivity index is 1.73. The van der Waals surface area contributed by atoms with Gasteiger partial charge >= 0.3 is 6.18 Å². The highest BCUT2D eigenvalue weighted by Crippen LogP contribution is 2.48. The summed E-state index contributed by atoms with van der Waals surface area (Å²) in [6.07, 6.45) is -3.95. The van der Waals surface area contributed by atoms with Crippen molar-refractivity contribution in [2.24, 2.45) is 0 Å². The predicted octanol–water partition coefficient (Wildman–Crippen LogP) is 5.56. The number of hydrogen-bond acceptors (Lipinski definition) is 4. The summed E-state index contributed by atoms with van der Waals surface area (Å²) >= 11 is 17.5. The van der Waals surface area contributed by atoms with Gasteiger partial charge in [-0.05, 0) is 41.1 Å². The fourth-order valence-corrected chi connectivity index (χ4v) is 4.60. The molecule has 3 aromatic carbocycles. The Hall–Kier alpha value is -2.98. The first kappa shape index (κ1) is 27.1. The van der Waals surface area contributed by atoms with Crippen molar-refractivity contribution in [3.05, 3.63) is 87.4 Å². The molecule has 1 unspecified atom stereocenters. The van der Waals surface area contributed by atoms with E-state index in [0.717, 1.165) is 18.2 Å². The van der Waals surface area contributed by atoms with Gasteiger partial charge in [-0.1, -0.05) is 53.5 Å². The number of amides is 2. The zero-order valence-corrected chi connectivity index (χ0v) is 21.2. The van der Waals surface area contributed by atoms with Gasteiger partial charge in [0.15, 0.2) is 0 Å². The monoisotopic (exact) mass is 571 g/mol. The molecule has 12 heteroatoms. The molecule has 3 N–H and O–H groups in total. The molecule has 37 heavy (non-hydrogen) atoms. The summed E-state index contributed by atoms with van der Waals surface area (Å²) in [7, 11) is 0. The molecule has 3 aromatic rings. The lowest BCUT2D eigenvalue weighted by Crippen LogP contribution is -2.42. The zero-order valence-electron chi connectivity index (χ0n) is 18.9. The Labute approximate surface area is 224 Å². The van der Waals surface area contributed by atoms with E-state index in [2.05, 4.69) is 16.1 Å². The normalized spacial score (nSPS) is 17.3. The van der Waals surface area contributed by atoms with E-state index in [1.165, 1.54) is 18.2 Å². The number of hydroxylamine groups is 1. The van der Waals surface area contributed by atoms with Crippen LogP contribution >= 0.6 is 34.8 Å². The highest BCUT2D eigenvalue weighted by Gasteiger charge is 2.59. The van der Waals surface area contributed by atoms with E-state index in [9.17, 15) is 22.8 Å². The quantitative estimate of drug-likeness (QED) is 0.324. The second-order valence-electron chi connectivity index (χ2n) is 8.08. The number of hydrogen-bond donors (Lipinski definition) is 3. The molecule has 0 aliphatic carbocycles. The maximum absolute atomic E-state index is 14.4. The van der Waals surface area contributed by atoms with Crippen molar-refractivity contribution in [2.45, 2.75) is 11.8 Å². The van der Waals surface area contributed by atoms with Gasteiger partial charge in [0.25, 0.3) is 5.91 Å². The largest absolute Gasteiger partial charge is 0.428 e. The highest BCUT2D eigenvalue weighted by atomic mass is 35.5. The molecule has 1 atom stereocenters. The number of rotatable bonds is 7. The molecule has 0 aromatic heterocycles. The highest BCUT2D eigenvalue weighted by molar-refractivity contribution is 6.34. The molecule has 1 aliphatic rings. The molecule has 0 saturated heterocycles. The predicted molar refractivity (Wildman–Crippen MR) is 136 cm³/mol. The van der Waals surface area contributed by atoms with Crippen molar-refractivity contribution < 1.29 is 27.6 Å². The molecule has 0 spiro atoms. The first-order valence-corrected chi connectivity index (χ1v) is 12.2. The van der Waals surface area contributed by atoms with E-state index in [1.54, 1.807) is 24.3 Å². The second kappa shape index (κ2) is 10.8. The number of benzene rings is 3. The van der Waals surface area contributed by atoms with Crippen LogP contribution in [0.5, 0.6) is 0 Å². The Morgan fingerprint density at radius 3 is 2.30 bits per heavy atom. The average Bonchev–Trinajstić information content (AvgIpc) is 3.32. The van der Waals surface area contributed by atoms with Crippen LogP contribution in [0.2, 0.25) is 10.0 Å².